The van der Waals surface area contributed by atoms with Crippen LogP contribution in [-0.4, -0.2) is 51.7 Å². The number of rotatable bonds is 9. The maximum absolute atomic E-state index is 13.3. The first-order valence-corrected chi connectivity index (χ1v) is 12.5. The fourth-order valence-electron chi connectivity index (χ4n) is 3.92. The summed E-state index contributed by atoms with van der Waals surface area (Å²) in [5, 5.41) is 19.5. The molecule has 0 radical (unpaired) electrons. The lowest BCUT2D eigenvalue weighted by Crippen LogP contribution is -2.49. The van der Waals surface area contributed by atoms with E-state index in [-0.39, 0.29) is 11.8 Å². The molecule has 34 heavy (non-hydrogen) atoms. The van der Waals surface area contributed by atoms with Gasteiger partial charge in [0, 0.05) is 31.7 Å². The van der Waals surface area contributed by atoms with Crippen molar-refractivity contribution in [3.8, 4) is 10.6 Å². The van der Waals surface area contributed by atoms with Gasteiger partial charge in [0.1, 0.15) is 5.01 Å². The van der Waals surface area contributed by atoms with Crippen LogP contribution in [0.2, 0.25) is 5.02 Å². The van der Waals surface area contributed by atoms with Crippen molar-refractivity contribution in [2.45, 2.75) is 33.2 Å². The molecule has 3 aromatic rings. The first-order chi connectivity index (χ1) is 16.4. The smallest absolute Gasteiger partial charge is 0.309 e. The molecule has 1 N–H and O–H groups in total. The third kappa shape index (κ3) is 5.29. The number of aliphatic carboxylic acids is 1. The first-order valence-electron chi connectivity index (χ1n) is 11.3. The van der Waals surface area contributed by atoms with E-state index in [1.54, 1.807) is 29.2 Å². The largest absolute Gasteiger partial charge is 0.481 e. The maximum atomic E-state index is 13.3. The lowest BCUT2D eigenvalue weighted by atomic mass is 9.98. The van der Waals surface area contributed by atoms with Gasteiger partial charge in [-0.25, -0.2) is 0 Å². The molecule has 0 bridgehead atoms. The Balaban J connectivity index is 1.51. The van der Waals surface area contributed by atoms with Crippen LogP contribution in [-0.2, 0) is 11.3 Å². The Kier molecular flexibility index (Phi) is 7.60. The molecule has 2 heterocycles. The number of carbonyl (C=O) groups excluding carboxylic acids is 1. The molecule has 1 aromatic heterocycles. The van der Waals surface area contributed by atoms with Gasteiger partial charge in [0.05, 0.1) is 16.5 Å². The number of anilines is 1. The summed E-state index contributed by atoms with van der Waals surface area (Å²) < 4.78 is 0. The standard InChI is InChI=1S/C25H27ClN4O3S/c1-3-4-11-30(23(31)20-7-5-6-8-21(20)26)25-28-27-22(34-25)17-9-10-18(16(2)12-17)13-29-14-19(15-29)24(32)33/h5-10,12,19H,3-4,11,13-15H2,1-2H3,(H,32,33). The van der Waals surface area contributed by atoms with Crippen LogP contribution < -0.4 is 4.90 Å². The average molecular weight is 499 g/mol. The molecule has 0 saturated carbocycles. The lowest BCUT2D eigenvalue weighted by molar-refractivity contribution is -0.147. The van der Waals surface area contributed by atoms with Crippen LogP contribution in [0.25, 0.3) is 10.6 Å². The van der Waals surface area contributed by atoms with E-state index in [4.69, 9.17) is 16.7 Å². The number of hydrogen-bond acceptors (Lipinski definition) is 6. The highest BCUT2D eigenvalue weighted by molar-refractivity contribution is 7.18. The Morgan fingerprint density at radius 1 is 1.21 bits per heavy atom. The van der Waals surface area contributed by atoms with E-state index in [9.17, 15) is 9.59 Å². The summed E-state index contributed by atoms with van der Waals surface area (Å²) in [5.41, 5.74) is 3.67. The number of halogens is 1. The Bertz CT molecular complexity index is 1190. The summed E-state index contributed by atoms with van der Waals surface area (Å²) >= 11 is 7.66. The van der Waals surface area contributed by atoms with Gasteiger partial charge in [0.2, 0.25) is 5.13 Å². The van der Waals surface area contributed by atoms with Gasteiger partial charge in [-0.05, 0) is 42.7 Å². The lowest BCUT2D eigenvalue weighted by Gasteiger charge is -2.36. The van der Waals surface area contributed by atoms with Crippen LogP contribution in [0.4, 0.5) is 5.13 Å². The summed E-state index contributed by atoms with van der Waals surface area (Å²) in [4.78, 5) is 28.1. The highest BCUT2D eigenvalue weighted by atomic mass is 35.5. The molecule has 0 spiro atoms. The van der Waals surface area contributed by atoms with Crippen LogP contribution in [0.5, 0.6) is 0 Å². The molecule has 9 heteroatoms. The number of hydrogen-bond donors (Lipinski definition) is 1. The molecule has 0 unspecified atom stereocenters. The van der Waals surface area contributed by atoms with Gasteiger partial charge in [-0.15, -0.1) is 10.2 Å². The molecule has 4 rings (SSSR count). The second kappa shape index (κ2) is 10.6. The molecule has 1 aliphatic rings. The summed E-state index contributed by atoms with van der Waals surface area (Å²) in [6.07, 6.45) is 1.79. The van der Waals surface area contributed by atoms with E-state index < -0.39 is 5.97 Å². The minimum atomic E-state index is -0.726. The van der Waals surface area contributed by atoms with E-state index in [2.05, 4.69) is 34.2 Å². The van der Waals surface area contributed by atoms with Crippen LogP contribution in [0.1, 0.15) is 41.3 Å². The van der Waals surface area contributed by atoms with Crippen LogP contribution in [0, 0.1) is 12.8 Å². The number of amides is 1. The summed E-state index contributed by atoms with van der Waals surface area (Å²) in [6, 6.07) is 13.2. The SMILES string of the molecule is CCCCN(C(=O)c1ccccc1Cl)c1nnc(-c2ccc(CN3CC(C(=O)O)C3)c(C)c2)s1. The third-order valence-corrected chi connectivity index (χ3v) is 7.34. The molecular weight excluding hydrogens is 472 g/mol. The second-order valence-electron chi connectivity index (χ2n) is 8.55. The molecule has 2 aromatic carbocycles. The maximum Gasteiger partial charge on any atom is 0.309 e. The third-order valence-electron chi connectivity index (χ3n) is 6.02. The number of unbranched alkanes of at least 4 members (excludes halogenated alkanes) is 1. The number of nitrogens with zero attached hydrogens (tertiary/aromatic N) is 4. The Morgan fingerprint density at radius 3 is 2.65 bits per heavy atom. The van der Waals surface area contributed by atoms with E-state index in [0.29, 0.717) is 35.4 Å². The monoisotopic (exact) mass is 498 g/mol. The fraction of sp³-hybridized carbons (Fsp3) is 0.360. The van der Waals surface area contributed by atoms with Gasteiger partial charge in [0.15, 0.2) is 0 Å². The van der Waals surface area contributed by atoms with Gasteiger partial charge in [-0.1, -0.05) is 60.5 Å². The van der Waals surface area contributed by atoms with E-state index in [1.165, 1.54) is 11.3 Å². The van der Waals surface area contributed by atoms with Gasteiger partial charge in [-0.3, -0.25) is 19.4 Å². The number of carbonyl (C=O) groups is 2. The highest BCUT2D eigenvalue weighted by Gasteiger charge is 2.32. The number of aromatic nitrogens is 2. The fourth-order valence-corrected chi connectivity index (χ4v) is 5.01. The van der Waals surface area contributed by atoms with Gasteiger partial charge >= 0.3 is 5.97 Å². The molecular formula is C25H27ClN4O3S. The van der Waals surface area contributed by atoms with Crippen molar-refractivity contribution in [2.24, 2.45) is 5.92 Å². The van der Waals surface area contributed by atoms with E-state index in [1.807, 2.05) is 13.0 Å². The summed E-state index contributed by atoms with van der Waals surface area (Å²) in [7, 11) is 0. The van der Waals surface area contributed by atoms with Crippen molar-refractivity contribution < 1.29 is 14.7 Å². The number of benzene rings is 2. The Hall–Kier alpha value is -2.81. The molecule has 1 aliphatic heterocycles. The predicted octanol–water partition coefficient (Wildman–Crippen LogP) is 5.13. The van der Waals surface area contributed by atoms with Gasteiger partial charge < -0.3 is 5.11 Å². The molecule has 178 valence electrons. The minimum Gasteiger partial charge on any atom is -0.481 e. The van der Waals surface area contributed by atoms with Crippen LogP contribution in [0.3, 0.4) is 0 Å². The van der Waals surface area contributed by atoms with Crippen molar-refractivity contribution in [1.29, 1.82) is 0 Å². The Morgan fingerprint density at radius 2 is 1.97 bits per heavy atom. The minimum absolute atomic E-state index is 0.178. The van der Waals surface area contributed by atoms with Gasteiger partial charge in [-0.2, -0.15) is 0 Å². The Labute approximate surface area is 208 Å². The topological polar surface area (TPSA) is 86.6 Å². The van der Waals surface area contributed by atoms with Crippen molar-refractivity contribution in [2.75, 3.05) is 24.5 Å². The average Bonchev–Trinajstić information content (AvgIpc) is 3.27. The predicted molar refractivity (Wildman–Crippen MR) is 135 cm³/mol. The number of carboxylic acids is 1. The van der Waals surface area contributed by atoms with Crippen LogP contribution in [0.15, 0.2) is 42.5 Å². The molecule has 0 aliphatic carbocycles. The number of carboxylic acid groups (broad SMARTS) is 1. The molecule has 1 amide bonds. The molecule has 1 saturated heterocycles. The zero-order valence-corrected chi connectivity index (χ0v) is 20.8. The van der Waals surface area contributed by atoms with Crippen molar-refractivity contribution in [1.82, 2.24) is 15.1 Å². The van der Waals surface area contributed by atoms with Crippen molar-refractivity contribution in [3.63, 3.8) is 0 Å². The molecule has 7 nitrogen and oxygen atoms in total. The van der Waals surface area contributed by atoms with Crippen molar-refractivity contribution >= 4 is 39.9 Å². The molecule has 0 atom stereocenters. The normalized spacial score (nSPS) is 14.1. The highest BCUT2D eigenvalue weighted by Crippen LogP contribution is 2.32. The van der Waals surface area contributed by atoms with E-state index in [0.717, 1.165) is 41.1 Å². The zero-order chi connectivity index (χ0) is 24.2. The quantitative estimate of drug-likeness (QED) is 0.440. The van der Waals surface area contributed by atoms with Crippen LogP contribution >= 0.6 is 22.9 Å². The second-order valence-corrected chi connectivity index (χ2v) is 9.91. The molecule has 1 fully saturated rings. The summed E-state index contributed by atoms with van der Waals surface area (Å²) in [6.45, 7) is 6.57. The number of aryl methyl sites for hydroxylation is 1. The van der Waals surface area contributed by atoms with E-state index >= 15 is 0 Å². The zero-order valence-electron chi connectivity index (χ0n) is 19.2. The number of likely N-dealkylation sites (tertiary alicyclic amines) is 1. The summed E-state index contributed by atoms with van der Waals surface area (Å²) in [5.74, 6) is -1.16. The first kappa shape index (κ1) is 24.3. The van der Waals surface area contributed by atoms with Crippen molar-refractivity contribution in [3.05, 3.63) is 64.2 Å². The van der Waals surface area contributed by atoms with Gasteiger partial charge in [0.25, 0.3) is 5.91 Å².